The second-order valence-electron chi connectivity index (χ2n) is 9.62. The van der Waals surface area contributed by atoms with Gasteiger partial charge in [0.1, 0.15) is 6.04 Å². The maximum absolute atomic E-state index is 13.3. The van der Waals surface area contributed by atoms with Gasteiger partial charge >= 0.3 is 0 Å². The molecule has 1 saturated heterocycles. The van der Waals surface area contributed by atoms with Gasteiger partial charge in [0.2, 0.25) is 11.8 Å². The number of hydrogen-bond donors (Lipinski definition) is 2. The molecule has 1 aromatic carbocycles. The normalized spacial score (nSPS) is 25.4. The van der Waals surface area contributed by atoms with Crippen molar-refractivity contribution in [2.75, 3.05) is 13.1 Å². The number of carbonyl (C=O) groups excluding carboxylic acids is 2. The van der Waals surface area contributed by atoms with E-state index in [0.717, 1.165) is 24.8 Å². The van der Waals surface area contributed by atoms with Crippen molar-refractivity contribution in [2.24, 2.45) is 17.3 Å². The van der Waals surface area contributed by atoms with Crippen molar-refractivity contribution in [3.05, 3.63) is 34.9 Å². The number of benzene rings is 1. The molecule has 1 aliphatic carbocycles. The predicted octanol–water partition coefficient (Wildman–Crippen LogP) is 3.73. The van der Waals surface area contributed by atoms with Gasteiger partial charge in [-0.25, -0.2) is 0 Å². The largest absolute Gasteiger partial charge is 0.384 e. The Morgan fingerprint density at radius 1 is 1.21 bits per heavy atom. The van der Waals surface area contributed by atoms with Gasteiger partial charge in [0.25, 0.3) is 0 Å². The van der Waals surface area contributed by atoms with Crippen LogP contribution in [0.5, 0.6) is 0 Å². The summed E-state index contributed by atoms with van der Waals surface area (Å²) in [5, 5.41) is 15.1. The molecule has 2 N–H and O–H groups in total. The summed E-state index contributed by atoms with van der Waals surface area (Å²) in [5.41, 5.74) is -0.775. The van der Waals surface area contributed by atoms with Crippen LogP contribution in [0.3, 0.4) is 0 Å². The second kappa shape index (κ2) is 8.27. The van der Waals surface area contributed by atoms with Crippen LogP contribution >= 0.6 is 11.6 Å². The molecule has 1 aliphatic heterocycles. The monoisotopic (exact) mass is 420 g/mol. The zero-order valence-electron chi connectivity index (χ0n) is 17.9. The summed E-state index contributed by atoms with van der Waals surface area (Å²) in [7, 11) is 0. The lowest BCUT2D eigenvalue weighted by Crippen LogP contribution is -2.61. The van der Waals surface area contributed by atoms with Gasteiger partial charge in [0.15, 0.2) is 0 Å². The van der Waals surface area contributed by atoms with E-state index < -0.39 is 17.1 Å². The van der Waals surface area contributed by atoms with Crippen molar-refractivity contribution in [1.82, 2.24) is 10.2 Å². The SMILES string of the molecule is CC(C)[C@@H](NC(=O)C1CCC1)C(=O)N1CC[C@](O)(c2ccc(Cl)cc2)C(C)(C)C1. The number of nitrogens with one attached hydrogen (secondary N) is 1. The molecule has 1 aromatic rings. The van der Waals surface area contributed by atoms with Crippen LogP contribution in [0.15, 0.2) is 24.3 Å². The smallest absolute Gasteiger partial charge is 0.245 e. The molecule has 0 aromatic heterocycles. The molecule has 160 valence electrons. The Morgan fingerprint density at radius 3 is 2.31 bits per heavy atom. The third-order valence-corrected chi connectivity index (χ3v) is 7.04. The van der Waals surface area contributed by atoms with Crippen LogP contribution in [0.25, 0.3) is 0 Å². The number of aliphatic hydroxyl groups is 1. The Morgan fingerprint density at radius 2 is 1.83 bits per heavy atom. The van der Waals surface area contributed by atoms with Crippen molar-refractivity contribution < 1.29 is 14.7 Å². The summed E-state index contributed by atoms with van der Waals surface area (Å²) in [4.78, 5) is 27.5. The van der Waals surface area contributed by atoms with E-state index in [1.807, 2.05) is 39.8 Å². The van der Waals surface area contributed by atoms with Gasteiger partial charge in [0, 0.05) is 29.4 Å². The van der Waals surface area contributed by atoms with Gasteiger partial charge < -0.3 is 15.3 Å². The molecule has 3 rings (SSSR count). The highest BCUT2D eigenvalue weighted by Gasteiger charge is 2.50. The molecule has 1 heterocycles. The lowest BCUT2D eigenvalue weighted by Gasteiger charge is -2.51. The van der Waals surface area contributed by atoms with E-state index in [0.29, 0.717) is 24.5 Å². The van der Waals surface area contributed by atoms with Crippen molar-refractivity contribution >= 4 is 23.4 Å². The van der Waals surface area contributed by atoms with Crippen LogP contribution in [0.1, 0.15) is 58.9 Å². The van der Waals surface area contributed by atoms with Crippen LogP contribution in [0.4, 0.5) is 0 Å². The summed E-state index contributed by atoms with van der Waals surface area (Å²) in [6.07, 6.45) is 3.35. The fourth-order valence-electron chi connectivity index (χ4n) is 4.42. The highest BCUT2D eigenvalue weighted by Crippen LogP contribution is 2.46. The van der Waals surface area contributed by atoms with Crippen molar-refractivity contribution in [2.45, 2.75) is 65.0 Å². The zero-order valence-corrected chi connectivity index (χ0v) is 18.6. The average molecular weight is 421 g/mol. The molecule has 5 nitrogen and oxygen atoms in total. The fourth-order valence-corrected chi connectivity index (χ4v) is 4.55. The Hall–Kier alpha value is -1.59. The fraction of sp³-hybridized carbons (Fsp3) is 0.652. The first-order valence-electron chi connectivity index (χ1n) is 10.6. The summed E-state index contributed by atoms with van der Waals surface area (Å²) in [5.74, 6) is -0.000277. The third-order valence-electron chi connectivity index (χ3n) is 6.79. The minimum absolute atomic E-state index is 0.00256. The van der Waals surface area contributed by atoms with Gasteiger partial charge in [-0.05, 0) is 42.9 Å². The number of nitrogens with zero attached hydrogens (tertiary/aromatic N) is 1. The Balaban J connectivity index is 1.74. The van der Waals surface area contributed by atoms with Gasteiger partial charge in [-0.2, -0.15) is 0 Å². The lowest BCUT2D eigenvalue weighted by molar-refractivity contribution is -0.157. The van der Waals surface area contributed by atoms with Gasteiger partial charge in [-0.3, -0.25) is 9.59 Å². The number of amides is 2. The molecule has 2 fully saturated rings. The van der Waals surface area contributed by atoms with Gasteiger partial charge in [-0.15, -0.1) is 0 Å². The number of rotatable bonds is 5. The topological polar surface area (TPSA) is 69.6 Å². The van der Waals surface area contributed by atoms with E-state index in [9.17, 15) is 14.7 Å². The van der Waals surface area contributed by atoms with Crippen molar-refractivity contribution in [3.8, 4) is 0 Å². The molecule has 0 bridgehead atoms. The number of carbonyl (C=O) groups is 2. The first-order valence-corrected chi connectivity index (χ1v) is 11.0. The van der Waals surface area contributed by atoms with Crippen LogP contribution in [-0.4, -0.2) is 41.0 Å². The van der Waals surface area contributed by atoms with E-state index in [1.54, 1.807) is 17.0 Å². The predicted molar refractivity (Wildman–Crippen MR) is 114 cm³/mol. The Kier molecular flexibility index (Phi) is 6.30. The molecule has 2 amide bonds. The van der Waals surface area contributed by atoms with Crippen LogP contribution in [-0.2, 0) is 15.2 Å². The van der Waals surface area contributed by atoms with Crippen molar-refractivity contribution in [3.63, 3.8) is 0 Å². The average Bonchev–Trinajstić information content (AvgIpc) is 2.60. The highest BCUT2D eigenvalue weighted by atomic mass is 35.5. The summed E-state index contributed by atoms with van der Waals surface area (Å²) in [6.45, 7) is 8.76. The molecule has 2 aliphatic rings. The summed E-state index contributed by atoms with van der Waals surface area (Å²) >= 11 is 6.01. The van der Waals surface area contributed by atoms with Crippen LogP contribution in [0.2, 0.25) is 5.02 Å². The van der Waals surface area contributed by atoms with E-state index in [2.05, 4.69) is 5.32 Å². The zero-order chi connectivity index (χ0) is 21.4. The molecule has 0 unspecified atom stereocenters. The van der Waals surface area contributed by atoms with Crippen LogP contribution in [0, 0.1) is 17.3 Å². The molecule has 2 atom stereocenters. The van der Waals surface area contributed by atoms with E-state index >= 15 is 0 Å². The molecular formula is C23H33ClN2O3. The third kappa shape index (κ3) is 4.31. The number of halogens is 1. The highest BCUT2D eigenvalue weighted by molar-refractivity contribution is 6.30. The lowest BCUT2D eigenvalue weighted by atomic mass is 9.66. The minimum atomic E-state index is -1.04. The first-order chi connectivity index (χ1) is 13.5. The standard InChI is InChI=1S/C23H33ClN2O3/c1-15(2)19(25-20(27)16-6-5-7-16)21(28)26-13-12-23(29,22(3,4)14-26)17-8-10-18(24)11-9-17/h8-11,15-16,19,29H,5-7,12-14H2,1-4H3,(H,25,27)/t19-,23+/m1/s1. The molecule has 29 heavy (non-hydrogen) atoms. The quantitative estimate of drug-likeness (QED) is 0.762. The van der Waals surface area contributed by atoms with Gasteiger partial charge in [-0.1, -0.05) is 57.8 Å². The molecule has 1 saturated carbocycles. The van der Waals surface area contributed by atoms with E-state index in [1.165, 1.54) is 0 Å². The molecule has 0 radical (unpaired) electrons. The second-order valence-corrected chi connectivity index (χ2v) is 10.1. The number of likely N-dealkylation sites (tertiary alicyclic amines) is 1. The summed E-state index contributed by atoms with van der Waals surface area (Å²) < 4.78 is 0. The number of piperidine rings is 1. The summed E-state index contributed by atoms with van der Waals surface area (Å²) in [6, 6.07) is 6.76. The van der Waals surface area contributed by atoms with E-state index in [-0.39, 0.29) is 23.7 Å². The minimum Gasteiger partial charge on any atom is -0.384 e. The van der Waals surface area contributed by atoms with Gasteiger partial charge in [0.05, 0.1) is 5.60 Å². The first kappa shape index (κ1) is 22.1. The Bertz CT molecular complexity index is 758. The maximum atomic E-state index is 13.3. The molecule has 0 spiro atoms. The Labute approximate surface area is 178 Å². The number of hydrogen-bond acceptors (Lipinski definition) is 3. The maximum Gasteiger partial charge on any atom is 0.245 e. The molecule has 6 heteroatoms. The van der Waals surface area contributed by atoms with Crippen molar-refractivity contribution in [1.29, 1.82) is 0 Å². The van der Waals surface area contributed by atoms with Crippen LogP contribution < -0.4 is 5.32 Å². The van der Waals surface area contributed by atoms with E-state index in [4.69, 9.17) is 11.6 Å². The molecular weight excluding hydrogens is 388 g/mol.